The number of hydrogen-bond acceptors (Lipinski definition) is 6. The van der Waals surface area contributed by atoms with Gasteiger partial charge in [-0.25, -0.2) is 19.9 Å². The molecular formula is C60H38N8. The fourth-order valence-electron chi connectivity index (χ4n) is 9.49. The maximum atomic E-state index is 5.19. The van der Waals surface area contributed by atoms with Gasteiger partial charge in [0, 0.05) is 55.0 Å². The monoisotopic (exact) mass is 870 g/mol. The SMILES string of the molecule is c1ccc(-c2ccc(-c3nc(-c4ccccc4)nc(-c4cccc(-n5c6ccccc6c6c7c8ccccc8n(-c8nc(-c9ccccc9)nc(-c9ccccc9)n8)c7ccc65)c4)n3)cc2)cc1. The lowest BCUT2D eigenvalue weighted by molar-refractivity contribution is 0.953. The van der Waals surface area contributed by atoms with Crippen molar-refractivity contribution in [1.82, 2.24) is 39.0 Å². The number of para-hydroxylation sites is 2. The van der Waals surface area contributed by atoms with Crippen molar-refractivity contribution in [3.05, 3.63) is 231 Å². The highest BCUT2D eigenvalue weighted by molar-refractivity contribution is 6.28. The molecule has 9 aromatic carbocycles. The molecule has 0 unspecified atom stereocenters. The van der Waals surface area contributed by atoms with E-state index in [-0.39, 0.29) is 0 Å². The van der Waals surface area contributed by atoms with Gasteiger partial charge in [0.25, 0.3) is 0 Å². The topological polar surface area (TPSA) is 87.2 Å². The summed E-state index contributed by atoms with van der Waals surface area (Å²) in [7, 11) is 0. The molecule has 8 heteroatoms. The Morgan fingerprint density at radius 2 is 0.588 bits per heavy atom. The van der Waals surface area contributed by atoms with Crippen LogP contribution in [0.2, 0.25) is 0 Å². The second kappa shape index (κ2) is 16.2. The predicted octanol–water partition coefficient (Wildman–Crippen LogP) is 14.3. The average molecular weight is 871 g/mol. The van der Waals surface area contributed by atoms with Crippen LogP contribution in [0, 0.1) is 0 Å². The quantitative estimate of drug-likeness (QED) is 0.151. The molecule has 8 nitrogen and oxygen atoms in total. The minimum Gasteiger partial charge on any atom is -0.309 e. The summed E-state index contributed by atoms with van der Waals surface area (Å²) in [6.45, 7) is 0. The van der Waals surface area contributed by atoms with Crippen LogP contribution in [0.4, 0.5) is 0 Å². The Hall–Kier alpha value is -9.40. The molecule has 0 atom stereocenters. The Kier molecular flexibility index (Phi) is 9.31. The maximum absolute atomic E-state index is 5.19. The standard InChI is InChI=1S/C60H38N8/c1-5-18-39(19-6-1)40-32-34-44(35-33-40)56-61-55(41-20-7-2-8-21-41)62-59(63-56)45-26-17-27-46(38-45)67-49-30-15-13-28-47(49)53-51(67)36-37-52-54(53)48-29-14-16-31-50(48)68(52)60-65-57(42-22-9-3-10-23-42)64-58(66-60)43-24-11-4-12-25-43/h1-38H. The molecule has 318 valence electrons. The van der Waals surface area contributed by atoms with Crippen molar-refractivity contribution < 1.29 is 0 Å². The van der Waals surface area contributed by atoms with E-state index in [4.69, 9.17) is 29.9 Å². The summed E-state index contributed by atoms with van der Waals surface area (Å²) in [5.74, 6) is 3.60. The molecule has 0 aliphatic carbocycles. The van der Waals surface area contributed by atoms with E-state index in [1.807, 2.05) is 97.1 Å². The Labute approximate surface area is 391 Å². The molecule has 0 saturated heterocycles. The van der Waals surface area contributed by atoms with Crippen molar-refractivity contribution in [2.24, 2.45) is 0 Å². The minimum atomic E-state index is 0.554. The van der Waals surface area contributed by atoms with Crippen LogP contribution in [-0.4, -0.2) is 39.0 Å². The lowest BCUT2D eigenvalue weighted by Gasteiger charge is -2.12. The van der Waals surface area contributed by atoms with Gasteiger partial charge >= 0.3 is 0 Å². The van der Waals surface area contributed by atoms with Gasteiger partial charge in [-0.15, -0.1) is 0 Å². The van der Waals surface area contributed by atoms with E-state index in [0.29, 0.717) is 35.1 Å². The first-order valence-corrected chi connectivity index (χ1v) is 22.6. The van der Waals surface area contributed by atoms with Gasteiger partial charge in [0.1, 0.15) is 0 Å². The van der Waals surface area contributed by atoms with Gasteiger partial charge < -0.3 is 4.57 Å². The molecule has 4 heterocycles. The molecule has 0 aliphatic rings. The third kappa shape index (κ3) is 6.70. The van der Waals surface area contributed by atoms with Gasteiger partial charge in [0.15, 0.2) is 29.1 Å². The highest BCUT2D eigenvalue weighted by Crippen LogP contribution is 2.42. The molecule has 0 spiro atoms. The number of fused-ring (bicyclic) bond motifs is 7. The van der Waals surface area contributed by atoms with Crippen molar-refractivity contribution in [2.75, 3.05) is 0 Å². The predicted molar refractivity (Wildman–Crippen MR) is 275 cm³/mol. The molecule has 0 N–H and O–H groups in total. The average Bonchev–Trinajstić information content (AvgIpc) is 3.95. The molecule has 0 aliphatic heterocycles. The smallest absolute Gasteiger partial charge is 0.238 e. The molecular weight excluding hydrogens is 833 g/mol. The van der Waals surface area contributed by atoms with E-state index in [1.54, 1.807) is 0 Å². The molecule has 0 saturated carbocycles. The van der Waals surface area contributed by atoms with E-state index in [2.05, 4.69) is 143 Å². The molecule has 0 fully saturated rings. The van der Waals surface area contributed by atoms with Crippen molar-refractivity contribution in [1.29, 1.82) is 0 Å². The lowest BCUT2D eigenvalue weighted by atomic mass is 10.0. The Morgan fingerprint density at radius 1 is 0.235 bits per heavy atom. The zero-order valence-electron chi connectivity index (χ0n) is 36.5. The number of nitrogens with zero attached hydrogens (tertiary/aromatic N) is 8. The number of rotatable bonds is 8. The molecule has 4 aromatic heterocycles. The zero-order chi connectivity index (χ0) is 45.0. The Morgan fingerprint density at radius 3 is 1.10 bits per heavy atom. The maximum Gasteiger partial charge on any atom is 0.238 e. The largest absolute Gasteiger partial charge is 0.309 e. The molecule has 68 heavy (non-hydrogen) atoms. The van der Waals surface area contributed by atoms with Crippen LogP contribution in [0.15, 0.2) is 231 Å². The number of aromatic nitrogens is 8. The summed E-state index contributed by atoms with van der Waals surface area (Å²) in [4.78, 5) is 30.7. The molecule has 13 rings (SSSR count). The first-order valence-electron chi connectivity index (χ1n) is 22.6. The zero-order valence-corrected chi connectivity index (χ0v) is 36.5. The fraction of sp³-hybridized carbons (Fsp3) is 0. The van der Waals surface area contributed by atoms with Crippen LogP contribution in [0.3, 0.4) is 0 Å². The van der Waals surface area contributed by atoms with Crippen LogP contribution < -0.4 is 0 Å². The summed E-state index contributed by atoms with van der Waals surface area (Å²) in [6.07, 6.45) is 0. The normalized spacial score (nSPS) is 11.5. The van der Waals surface area contributed by atoms with Crippen LogP contribution in [-0.2, 0) is 0 Å². The van der Waals surface area contributed by atoms with Crippen molar-refractivity contribution in [3.8, 4) is 79.7 Å². The highest BCUT2D eigenvalue weighted by Gasteiger charge is 2.23. The Bertz CT molecular complexity index is 3940. The highest BCUT2D eigenvalue weighted by atomic mass is 15.2. The first kappa shape index (κ1) is 39.0. The summed E-state index contributed by atoms with van der Waals surface area (Å²) < 4.78 is 4.54. The van der Waals surface area contributed by atoms with E-state index >= 15 is 0 Å². The number of hydrogen-bond donors (Lipinski definition) is 0. The second-order valence-corrected chi connectivity index (χ2v) is 16.7. The summed E-state index contributed by atoms with van der Waals surface area (Å²) in [5, 5.41) is 4.52. The summed E-state index contributed by atoms with van der Waals surface area (Å²) >= 11 is 0. The molecule has 0 bridgehead atoms. The van der Waals surface area contributed by atoms with Crippen molar-refractivity contribution in [2.45, 2.75) is 0 Å². The summed E-state index contributed by atoms with van der Waals surface area (Å²) in [5.41, 5.74) is 12.0. The number of benzene rings is 9. The van der Waals surface area contributed by atoms with Crippen LogP contribution in [0.25, 0.3) is 123 Å². The molecule has 0 radical (unpaired) electrons. The second-order valence-electron chi connectivity index (χ2n) is 16.7. The third-order valence-electron chi connectivity index (χ3n) is 12.6. The van der Waals surface area contributed by atoms with E-state index in [9.17, 15) is 0 Å². The van der Waals surface area contributed by atoms with Gasteiger partial charge in [0.2, 0.25) is 5.95 Å². The Balaban J connectivity index is 0.992. The third-order valence-corrected chi connectivity index (χ3v) is 12.6. The van der Waals surface area contributed by atoms with Crippen LogP contribution in [0.5, 0.6) is 0 Å². The summed E-state index contributed by atoms with van der Waals surface area (Å²) in [6, 6.07) is 79.3. The molecule has 0 amide bonds. The first-order chi connectivity index (χ1) is 33.7. The van der Waals surface area contributed by atoms with E-state index in [1.165, 1.54) is 0 Å². The molecule has 13 aromatic rings. The van der Waals surface area contributed by atoms with Gasteiger partial charge in [-0.3, -0.25) is 4.57 Å². The van der Waals surface area contributed by atoms with Crippen LogP contribution in [0.1, 0.15) is 0 Å². The fourth-order valence-corrected chi connectivity index (χ4v) is 9.49. The van der Waals surface area contributed by atoms with Gasteiger partial charge in [-0.2, -0.15) is 9.97 Å². The van der Waals surface area contributed by atoms with Gasteiger partial charge in [-0.05, 0) is 47.5 Å². The van der Waals surface area contributed by atoms with E-state index in [0.717, 1.165) is 88.2 Å². The lowest BCUT2D eigenvalue weighted by Crippen LogP contribution is -2.06. The van der Waals surface area contributed by atoms with Crippen molar-refractivity contribution in [3.63, 3.8) is 0 Å². The van der Waals surface area contributed by atoms with Gasteiger partial charge in [-0.1, -0.05) is 194 Å². The van der Waals surface area contributed by atoms with Crippen molar-refractivity contribution >= 4 is 43.6 Å². The minimum absolute atomic E-state index is 0.554. The van der Waals surface area contributed by atoms with Crippen LogP contribution >= 0.6 is 0 Å². The van der Waals surface area contributed by atoms with E-state index < -0.39 is 0 Å². The van der Waals surface area contributed by atoms with Gasteiger partial charge in [0.05, 0.1) is 22.1 Å².